The number of nitrogens with zero attached hydrogens (tertiary/aromatic N) is 2. The van der Waals surface area contributed by atoms with Crippen LogP contribution in [0.5, 0.6) is 5.75 Å². The highest BCUT2D eigenvalue weighted by molar-refractivity contribution is 6.08. The number of hydrogen-bond acceptors (Lipinski definition) is 4. The molecule has 3 aromatic rings. The van der Waals surface area contributed by atoms with Crippen LogP contribution in [-0.2, 0) is 0 Å². The molecule has 0 aliphatic rings. The minimum atomic E-state index is -0.527. The van der Waals surface area contributed by atoms with Gasteiger partial charge in [-0.15, -0.1) is 0 Å². The Labute approximate surface area is 154 Å². The zero-order chi connectivity index (χ0) is 19.4. The van der Waals surface area contributed by atoms with Crippen LogP contribution in [0.25, 0.3) is 5.69 Å². The van der Waals surface area contributed by atoms with Gasteiger partial charge in [0.1, 0.15) is 17.3 Å². The number of rotatable bonds is 5. The molecule has 2 aromatic carbocycles. The zero-order valence-electron chi connectivity index (χ0n) is 14.7. The van der Waals surface area contributed by atoms with E-state index in [1.54, 1.807) is 30.3 Å². The third-order valence-electron chi connectivity index (χ3n) is 3.87. The molecule has 0 fully saturated rings. The molecule has 0 saturated heterocycles. The molecule has 1 aromatic heterocycles. The maximum Gasteiger partial charge on any atom is 0.276 e. The van der Waals surface area contributed by atoms with Gasteiger partial charge in [-0.25, -0.2) is 9.07 Å². The van der Waals surface area contributed by atoms with Gasteiger partial charge in [-0.3, -0.25) is 9.59 Å². The molecule has 27 heavy (non-hydrogen) atoms. The monoisotopic (exact) mass is 368 g/mol. The SMILES string of the molecule is CNC(=O)c1cc(OC)ccc1NC(=O)c1ccn(-c2ccccc2F)n1. The molecule has 138 valence electrons. The molecule has 0 aliphatic carbocycles. The predicted octanol–water partition coefficient (Wildman–Crippen LogP) is 2.63. The maximum absolute atomic E-state index is 13.9. The molecule has 2 N–H and O–H groups in total. The summed E-state index contributed by atoms with van der Waals surface area (Å²) in [5.74, 6) is -0.874. The summed E-state index contributed by atoms with van der Waals surface area (Å²) in [5, 5.41) is 9.26. The minimum absolute atomic E-state index is 0.0805. The molecule has 0 unspecified atom stereocenters. The molecule has 0 aliphatic heterocycles. The van der Waals surface area contributed by atoms with Crippen molar-refractivity contribution in [3.05, 3.63) is 71.8 Å². The van der Waals surface area contributed by atoms with Gasteiger partial charge in [-0.05, 0) is 36.4 Å². The number of aromatic nitrogens is 2. The number of anilines is 1. The van der Waals surface area contributed by atoms with Gasteiger partial charge in [-0.2, -0.15) is 5.10 Å². The summed E-state index contributed by atoms with van der Waals surface area (Å²) in [6.45, 7) is 0. The summed E-state index contributed by atoms with van der Waals surface area (Å²) in [6, 6.07) is 12.3. The molecule has 0 atom stereocenters. The van der Waals surface area contributed by atoms with E-state index in [1.807, 2.05) is 0 Å². The first-order valence-electron chi connectivity index (χ1n) is 8.05. The smallest absolute Gasteiger partial charge is 0.276 e. The Kier molecular flexibility index (Phi) is 5.16. The van der Waals surface area contributed by atoms with Crippen LogP contribution in [0.1, 0.15) is 20.8 Å². The maximum atomic E-state index is 13.9. The second-order valence-electron chi connectivity index (χ2n) is 5.54. The lowest BCUT2D eigenvalue weighted by atomic mass is 10.1. The lowest BCUT2D eigenvalue weighted by Crippen LogP contribution is -2.22. The van der Waals surface area contributed by atoms with Gasteiger partial charge in [0.05, 0.1) is 18.4 Å². The standard InChI is InChI=1S/C19H17FN4O3/c1-21-18(25)13-11-12(27-2)7-8-15(13)22-19(26)16-9-10-24(23-16)17-6-4-3-5-14(17)20/h3-11H,1-2H3,(H,21,25)(H,22,26). The summed E-state index contributed by atoms with van der Waals surface area (Å²) in [5.41, 5.74) is 0.864. The quantitative estimate of drug-likeness (QED) is 0.725. The molecular formula is C19H17FN4O3. The number of amides is 2. The average molecular weight is 368 g/mol. The van der Waals surface area contributed by atoms with Crippen molar-refractivity contribution in [3.8, 4) is 11.4 Å². The fraction of sp³-hybridized carbons (Fsp3) is 0.105. The number of ether oxygens (including phenoxy) is 1. The summed E-state index contributed by atoms with van der Waals surface area (Å²) in [6.07, 6.45) is 1.49. The van der Waals surface area contributed by atoms with Crippen LogP contribution in [0.15, 0.2) is 54.7 Å². The molecule has 3 rings (SSSR count). The molecule has 2 amide bonds. The largest absolute Gasteiger partial charge is 0.497 e. The Morgan fingerprint density at radius 2 is 1.89 bits per heavy atom. The van der Waals surface area contributed by atoms with E-state index in [9.17, 15) is 14.0 Å². The van der Waals surface area contributed by atoms with E-state index in [0.29, 0.717) is 11.4 Å². The van der Waals surface area contributed by atoms with Crippen molar-refractivity contribution in [2.45, 2.75) is 0 Å². The number of para-hydroxylation sites is 1. The fourth-order valence-corrected chi connectivity index (χ4v) is 2.48. The van der Waals surface area contributed by atoms with Crippen molar-refractivity contribution in [2.24, 2.45) is 0 Å². The second kappa shape index (κ2) is 7.69. The van der Waals surface area contributed by atoms with E-state index in [4.69, 9.17) is 4.74 Å². The Bertz CT molecular complexity index is 1000. The Hall–Kier alpha value is -3.68. The Morgan fingerprint density at radius 3 is 2.59 bits per heavy atom. The molecule has 7 nitrogen and oxygen atoms in total. The number of benzene rings is 2. The second-order valence-corrected chi connectivity index (χ2v) is 5.54. The van der Waals surface area contributed by atoms with Crippen molar-refractivity contribution in [1.29, 1.82) is 0 Å². The Balaban J connectivity index is 1.86. The van der Waals surface area contributed by atoms with Crippen LogP contribution in [0.3, 0.4) is 0 Å². The zero-order valence-corrected chi connectivity index (χ0v) is 14.7. The third kappa shape index (κ3) is 3.79. The van der Waals surface area contributed by atoms with Gasteiger partial charge in [0.25, 0.3) is 11.8 Å². The van der Waals surface area contributed by atoms with Crippen LogP contribution < -0.4 is 15.4 Å². The number of methoxy groups -OCH3 is 1. The van der Waals surface area contributed by atoms with Gasteiger partial charge in [0.2, 0.25) is 0 Å². The van der Waals surface area contributed by atoms with Crippen molar-refractivity contribution in [3.63, 3.8) is 0 Å². The molecule has 0 spiro atoms. The average Bonchev–Trinajstić information content (AvgIpc) is 3.18. The topological polar surface area (TPSA) is 85.3 Å². The molecule has 0 bridgehead atoms. The number of nitrogens with one attached hydrogen (secondary N) is 2. The number of halogens is 1. The van der Waals surface area contributed by atoms with Gasteiger partial charge in [0, 0.05) is 13.2 Å². The third-order valence-corrected chi connectivity index (χ3v) is 3.87. The summed E-state index contributed by atoms with van der Waals surface area (Å²) < 4.78 is 20.3. The van der Waals surface area contributed by atoms with Crippen LogP contribution >= 0.6 is 0 Å². The molecule has 1 heterocycles. The highest BCUT2D eigenvalue weighted by atomic mass is 19.1. The normalized spacial score (nSPS) is 10.3. The molecule has 0 saturated carbocycles. The lowest BCUT2D eigenvalue weighted by molar-refractivity contribution is 0.0963. The van der Waals surface area contributed by atoms with E-state index in [1.165, 1.54) is 43.2 Å². The molecular weight excluding hydrogens is 351 g/mol. The van der Waals surface area contributed by atoms with Gasteiger partial charge in [-0.1, -0.05) is 12.1 Å². The highest BCUT2D eigenvalue weighted by Gasteiger charge is 2.17. The fourth-order valence-electron chi connectivity index (χ4n) is 2.48. The first kappa shape index (κ1) is 18.1. The lowest BCUT2D eigenvalue weighted by Gasteiger charge is -2.11. The number of carbonyl (C=O) groups excluding carboxylic acids is 2. The van der Waals surface area contributed by atoms with Crippen LogP contribution in [0.2, 0.25) is 0 Å². The predicted molar refractivity (Wildman–Crippen MR) is 97.9 cm³/mol. The highest BCUT2D eigenvalue weighted by Crippen LogP contribution is 2.23. The minimum Gasteiger partial charge on any atom is -0.497 e. The summed E-state index contributed by atoms with van der Waals surface area (Å²) in [7, 11) is 2.97. The van der Waals surface area contributed by atoms with Crippen molar-refractivity contribution >= 4 is 17.5 Å². The van der Waals surface area contributed by atoms with E-state index in [-0.39, 0.29) is 22.9 Å². The van der Waals surface area contributed by atoms with Gasteiger partial charge < -0.3 is 15.4 Å². The van der Waals surface area contributed by atoms with Crippen LogP contribution in [0.4, 0.5) is 10.1 Å². The van der Waals surface area contributed by atoms with Crippen LogP contribution in [-0.4, -0.2) is 35.8 Å². The van der Waals surface area contributed by atoms with E-state index < -0.39 is 11.7 Å². The Morgan fingerprint density at radius 1 is 1.11 bits per heavy atom. The van der Waals surface area contributed by atoms with E-state index >= 15 is 0 Å². The van der Waals surface area contributed by atoms with E-state index in [0.717, 1.165) is 0 Å². The molecule has 0 radical (unpaired) electrons. The van der Waals surface area contributed by atoms with Crippen LogP contribution in [0, 0.1) is 5.82 Å². The van der Waals surface area contributed by atoms with Crippen molar-refractivity contribution in [1.82, 2.24) is 15.1 Å². The number of carbonyl (C=O) groups is 2. The van der Waals surface area contributed by atoms with Gasteiger partial charge >= 0.3 is 0 Å². The van der Waals surface area contributed by atoms with E-state index in [2.05, 4.69) is 15.7 Å². The number of hydrogen-bond donors (Lipinski definition) is 2. The van der Waals surface area contributed by atoms with Crippen molar-refractivity contribution < 1.29 is 18.7 Å². The first-order valence-corrected chi connectivity index (χ1v) is 8.05. The summed E-state index contributed by atoms with van der Waals surface area (Å²) >= 11 is 0. The van der Waals surface area contributed by atoms with Crippen molar-refractivity contribution in [2.75, 3.05) is 19.5 Å². The molecule has 8 heteroatoms. The first-order chi connectivity index (χ1) is 13.0. The summed E-state index contributed by atoms with van der Waals surface area (Å²) in [4.78, 5) is 24.6. The van der Waals surface area contributed by atoms with Gasteiger partial charge in [0.15, 0.2) is 5.69 Å².